The summed E-state index contributed by atoms with van der Waals surface area (Å²) in [5, 5.41) is 13.5. The number of thiophene rings is 1. The first-order valence-corrected chi connectivity index (χ1v) is 9.25. The first-order chi connectivity index (χ1) is 13.7. The lowest BCUT2D eigenvalue weighted by atomic mass is 10.1. The minimum absolute atomic E-state index is 0.0346. The van der Waals surface area contributed by atoms with Crippen molar-refractivity contribution in [3.05, 3.63) is 55.7 Å². The van der Waals surface area contributed by atoms with Gasteiger partial charge in [0.1, 0.15) is 21.3 Å². The fourth-order valence-corrected chi connectivity index (χ4v) is 3.54. The Morgan fingerprint density at radius 1 is 1.17 bits per heavy atom. The van der Waals surface area contributed by atoms with Crippen LogP contribution in [0.2, 0.25) is 0 Å². The van der Waals surface area contributed by atoms with Crippen LogP contribution in [0.3, 0.4) is 0 Å². The monoisotopic (exact) mass is 424 g/mol. The number of nitrogens with one attached hydrogen (secondary N) is 1. The van der Waals surface area contributed by atoms with Crippen molar-refractivity contribution in [2.24, 2.45) is 0 Å². The number of nitrogens with zero attached hydrogens (tertiary/aromatic N) is 1. The second kappa shape index (κ2) is 9.24. The summed E-state index contributed by atoms with van der Waals surface area (Å²) in [4.78, 5) is 47.4. The van der Waals surface area contributed by atoms with Crippen molar-refractivity contribution in [1.82, 2.24) is 0 Å². The number of hydrogen-bond donors (Lipinski definition) is 1. The van der Waals surface area contributed by atoms with Crippen LogP contribution in [0, 0.1) is 22.9 Å². The molecule has 9 nitrogen and oxygen atoms in total. The van der Waals surface area contributed by atoms with Crippen molar-refractivity contribution >= 4 is 39.9 Å². The van der Waals surface area contributed by atoms with Gasteiger partial charge in [-0.1, -0.05) is 0 Å². The highest BCUT2D eigenvalue weighted by atomic mass is 32.1. The Balaban J connectivity index is 2.50. The van der Waals surface area contributed by atoms with Gasteiger partial charge in [-0.15, -0.1) is 11.3 Å². The number of esters is 2. The van der Waals surface area contributed by atoms with Crippen LogP contribution >= 0.6 is 11.3 Å². The molecule has 2 rings (SSSR count). The molecule has 1 aromatic heterocycles. The van der Waals surface area contributed by atoms with Crippen LogP contribution in [0.1, 0.15) is 49.8 Å². The van der Waals surface area contributed by atoms with Gasteiger partial charge in [0.2, 0.25) is 0 Å². The van der Waals surface area contributed by atoms with E-state index in [0.717, 1.165) is 23.5 Å². The van der Waals surface area contributed by atoms with Gasteiger partial charge in [0.05, 0.1) is 29.8 Å². The van der Waals surface area contributed by atoms with Crippen molar-refractivity contribution in [3.63, 3.8) is 0 Å². The first kappa shape index (κ1) is 22.0. The van der Waals surface area contributed by atoms with E-state index < -0.39 is 39.8 Å². The molecule has 29 heavy (non-hydrogen) atoms. The third-order valence-electron chi connectivity index (χ3n) is 3.72. The lowest BCUT2D eigenvalue weighted by molar-refractivity contribution is -0.385. The summed E-state index contributed by atoms with van der Waals surface area (Å²) < 4.78 is 23.2. The lowest BCUT2D eigenvalue weighted by Crippen LogP contribution is -2.16. The normalized spacial score (nSPS) is 10.3. The highest BCUT2D eigenvalue weighted by molar-refractivity contribution is 7.18. The minimum Gasteiger partial charge on any atom is -0.462 e. The van der Waals surface area contributed by atoms with E-state index in [2.05, 4.69) is 5.32 Å². The second-order valence-corrected chi connectivity index (χ2v) is 6.59. The number of amides is 1. The predicted octanol–water partition coefficient (Wildman–Crippen LogP) is 3.71. The second-order valence-electron chi connectivity index (χ2n) is 5.57. The van der Waals surface area contributed by atoms with E-state index in [0.29, 0.717) is 6.07 Å². The first-order valence-electron chi connectivity index (χ1n) is 8.44. The summed E-state index contributed by atoms with van der Waals surface area (Å²) >= 11 is 0.778. The van der Waals surface area contributed by atoms with Crippen LogP contribution in [-0.4, -0.2) is 36.0 Å². The molecular formula is C18H17FN2O7S. The zero-order valence-electron chi connectivity index (χ0n) is 15.7. The van der Waals surface area contributed by atoms with Gasteiger partial charge in [0.25, 0.3) is 11.6 Å². The zero-order valence-corrected chi connectivity index (χ0v) is 16.6. The molecule has 11 heteroatoms. The van der Waals surface area contributed by atoms with Crippen molar-refractivity contribution in [2.45, 2.75) is 20.8 Å². The SMILES string of the molecule is CCOC(=O)c1sc(NC(=O)c2ccc(F)cc2[N+](=O)[O-])c(C(=O)OCC)c1C. The number of ether oxygens (including phenoxy) is 2. The van der Waals surface area contributed by atoms with E-state index in [-0.39, 0.29) is 34.2 Å². The summed E-state index contributed by atoms with van der Waals surface area (Å²) in [6, 6.07) is 2.47. The van der Waals surface area contributed by atoms with Crippen LogP contribution < -0.4 is 5.32 Å². The topological polar surface area (TPSA) is 125 Å². The summed E-state index contributed by atoms with van der Waals surface area (Å²) in [6.07, 6.45) is 0. The maximum atomic E-state index is 13.3. The number of nitro benzene ring substituents is 1. The molecular weight excluding hydrogens is 407 g/mol. The maximum Gasteiger partial charge on any atom is 0.348 e. The smallest absolute Gasteiger partial charge is 0.348 e. The quantitative estimate of drug-likeness (QED) is 0.408. The third kappa shape index (κ3) is 4.74. The Morgan fingerprint density at radius 3 is 2.38 bits per heavy atom. The molecule has 154 valence electrons. The molecule has 2 aromatic rings. The number of halogens is 1. The molecule has 0 spiro atoms. The number of nitro groups is 1. The molecule has 1 amide bonds. The highest BCUT2D eigenvalue weighted by Crippen LogP contribution is 2.35. The molecule has 0 aliphatic rings. The molecule has 0 bridgehead atoms. The van der Waals surface area contributed by atoms with Gasteiger partial charge in [0.15, 0.2) is 0 Å². The van der Waals surface area contributed by atoms with Crippen LogP contribution in [0.5, 0.6) is 0 Å². The fraction of sp³-hybridized carbons (Fsp3) is 0.278. The summed E-state index contributed by atoms with van der Waals surface area (Å²) in [6.45, 7) is 4.86. The van der Waals surface area contributed by atoms with Crippen molar-refractivity contribution < 1.29 is 33.2 Å². The Labute approximate surface area is 168 Å². The highest BCUT2D eigenvalue weighted by Gasteiger charge is 2.29. The van der Waals surface area contributed by atoms with Crippen LogP contribution in [-0.2, 0) is 9.47 Å². The number of hydrogen-bond acceptors (Lipinski definition) is 8. The third-order valence-corrected chi connectivity index (χ3v) is 4.90. The van der Waals surface area contributed by atoms with E-state index in [1.807, 2.05) is 0 Å². The van der Waals surface area contributed by atoms with Gasteiger partial charge in [-0.2, -0.15) is 0 Å². The fourth-order valence-electron chi connectivity index (χ4n) is 2.46. The molecule has 0 atom stereocenters. The van der Waals surface area contributed by atoms with Crippen molar-refractivity contribution in [1.29, 1.82) is 0 Å². The van der Waals surface area contributed by atoms with E-state index in [1.54, 1.807) is 13.8 Å². The van der Waals surface area contributed by atoms with Gasteiger partial charge in [-0.05, 0) is 38.5 Å². The molecule has 0 radical (unpaired) electrons. The van der Waals surface area contributed by atoms with Gasteiger partial charge in [-0.25, -0.2) is 14.0 Å². The molecule has 0 saturated carbocycles. The summed E-state index contributed by atoms with van der Waals surface area (Å²) in [7, 11) is 0. The number of carbonyl (C=O) groups excluding carboxylic acids is 3. The Kier molecular flexibility index (Phi) is 6.99. The van der Waals surface area contributed by atoms with Crippen LogP contribution in [0.25, 0.3) is 0 Å². The molecule has 0 aliphatic heterocycles. The molecule has 0 aliphatic carbocycles. The lowest BCUT2D eigenvalue weighted by Gasteiger charge is -2.07. The minimum atomic E-state index is -0.945. The predicted molar refractivity (Wildman–Crippen MR) is 102 cm³/mol. The van der Waals surface area contributed by atoms with E-state index in [9.17, 15) is 28.9 Å². The molecule has 1 heterocycles. The average Bonchev–Trinajstić information content (AvgIpc) is 2.98. The van der Waals surface area contributed by atoms with E-state index in [4.69, 9.17) is 9.47 Å². The van der Waals surface area contributed by atoms with Gasteiger partial charge < -0.3 is 14.8 Å². The summed E-state index contributed by atoms with van der Waals surface area (Å²) in [5.74, 6) is -3.29. The standard InChI is InChI=1S/C18H17FN2O7S/c1-4-27-17(23)13-9(3)14(18(24)28-5-2)29-16(13)20-15(22)11-7-6-10(19)8-12(11)21(25)26/h6-8H,4-5H2,1-3H3,(H,20,22). The van der Waals surface area contributed by atoms with Gasteiger partial charge >= 0.3 is 11.9 Å². The maximum absolute atomic E-state index is 13.3. The van der Waals surface area contributed by atoms with E-state index in [1.165, 1.54) is 6.92 Å². The van der Waals surface area contributed by atoms with Crippen molar-refractivity contribution in [3.8, 4) is 0 Å². The molecule has 1 N–H and O–H groups in total. The Hall–Kier alpha value is -3.34. The number of anilines is 1. The van der Waals surface area contributed by atoms with Gasteiger partial charge in [0, 0.05) is 0 Å². The summed E-state index contributed by atoms with van der Waals surface area (Å²) in [5.41, 5.74) is -0.956. The van der Waals surface area contributed by atoms with Crippen molar-refractivity contribution in [2.75, 3.05) is 18.5 Å². The number of carbonyl (C=O) groups is 3. The Morgan fingerprint density at radius 2 is 1.79 bits per heavy atom. The molecule has 0 unspecified atom stereocenters. The number of rotatable bonds is 7. The van der Waals surface area contributed by atoms with Crippen LogP contribution in [0.15, 0.2) is 18.2 Å². The molecule has 0 saturated heterocycles. The average molecular weight is 424 g/mol. The molecule has 1 aromatic carbocycles. The Bertz CT molecular complexity index is 987. The van der Waals surface area contributed by atoms with Gasteiger partial charge in [-0.3, -0.25) is 14.9 Å². The zero-order chi connectivity index (χ0) is 21.7. The van der Waals surface area contributed by atoms with Crippen LogP contribution in [0.4, 0.5) is 15.1 Å². The van der Waals surface area contributed by atoms with E-state index >= 15 is 0 Å². The molecule has 0 fully saturated rings. The largest absolute Gasteiger partial charge is 0.462 e. The number of benzene rings is 1.